The van der Waals surface area contributed by atoms with Gasteiger partial charge in [-0.05, 0) is 58.2 Å². The number of anilines is 2. The minimum Gasteiger partial charge on any atom is -0.444 e. The summed E-state index contributed by atoms with van der Waals surface area (Å²) < 4.78 is 5.73. The number of hydrogen-bond donors (Lipinski definition) is 1. The standard InChI is InChI=1S/C15H13BrN2O3/c1-18-11-4-3-10(8-9(11)2-7-14(18)19)17-15(20)12-5-6-13(16)21-12/h3-6,8H,2,7H2,1H3,(H,17,20). The Morgan fingerprint density at radius 1 is 1.29 bits per heavy atom. The first-order chi connectivity index (χ1) is 10.0. The zero-order valence-electron chi connectivity index (χ0n) is 11.4. The van der Waals surface area contributed by atoms with Crippen molar-refractivity contribution in [1.29, 1.82) is 0 Å². The van der Waals surface area contributed by atoms with Crippen molar-refractivity contribution in [3.05, 3.63) is 46.3 Å². The van der Waals surface area contributed by atoms with E-state index in [-0.39, 0.29) is 17.6 Å². The average molecular weight is 349 g/mol. The molecule has 3 rings (SSSR count). The van der Waals surface area contributed by atoms with Gasteiger partial charge in [-0.3, -0.25) is 9.59 Å². The number of furan rings is 1. The van der Waals surface area contributed by atoms with Crippen LogP contribution in [0.25, 0.3) is 0 Å². The van der Waals surface area contributed by atoms with Gasteiger partial charge >= 0.3 is 0 Å². The molecule has 0 saturated heterocycles. The van der Waals surface area contributed by atoms with Crippen molar-refractivity contribution in [2.45, 2.75) is 12.8 Å². The number of amides is 2. The Bertz CT molecular complexity index is 723. The second-order valence-corrected chi connectivity index (χ2v) is 5.64. The first kappa shape index (κ1) is 13.9. The summed E-state index contributed by atoms with van der Waals surface area (Å²) in [4.78, 5) is 25.3. The first-order valence-corrected chi connectivity index (χ1v) is 7.30. The molecule has 0 spiro atoms. The van der Waals surface area contributed by atoms with Crippen molar-refractivity contribution in [2.24, 2.45) is 0 Å². The average Bonchev–Trinajstić information content (AvgIpc) is 2.90. The van der Waals surface area contributed by atoms with E-state index < -0.39 is 0 Å². The molecule has 2 heterocycles. The van der Waals surface area contributed by atoms with Gasteiger partial charge in [-0.15, -0.1) is 0 Å². The number of rotatable bonds is 2. The summed E-state index contributed by atoms with van der Waals surface area (Å²) in [6.45, 7) is 0. The molecule has 0 radical (unpaired) electrons. The summed E-state index contributed by atoms with van der Waals surface area (Å²) in [5, 5.41) is 2.79. The molecular formula is C15H13BrN2O3. The maximum atomic E-state index is 12.0. The highest BCUT2D eigenvalue weighted by atomic mass is 79.9. The Labute approximate surface area is 130 Å². The number of aryl methyl sites for hydroxylation is 1. The van der Waals surface area contributed by atoms with E-state index in [9.17, 15) is 9.59 Å². The zero-order valence-corrected chi connectivity index (χ0v) is 12.9. The Balaban J connectivity index is 1.81. The number of carbonyl (C=O) groups excluding carboxylic acids is 2. The number of benzene rings is 1. The predicted octanol–water partition coefficient (Wildman–Crippen LogP) is 3.20. The highest BCUT2D eigenvalue weighted by Gasteiger charge is 2.21. The summed E-state index contributed by atoms with van der Waals surface area (Å²) in [5.41, 5.74) is 2.63. The number of hydrogen-bond acceptors (Lipinski definition) is 3. The number of nitrogens with zero attached hydrogens (tertiary/aromatic N) is 1. The van der Waals surface area contributed by atoms with Gasteiger partial charge in [0.05, 0.1) is 0 Å². The molecule has 1 aliphatic heterocycles. The van der Waals surface area contributed by atoms with Crippen LogP contribution in [0.15, 0.2) is 39.4 Å². The van der Waals surface area contributed by atoms with Gasteiger partial charge in [0.25, 0.3) is 5.91 Å². The fourth-order valence-electron chi connectivity index (χ4n) is 2.36. The lowest BCUT2D eigenvalue weighted by molar-refractivity contribution is -0.118. The molecule has 0 fully saturated rings. The number of halogens is 1. The van der Waals surface area contributed by atoms with Gasteiger partial charge in [0.2, 0.25) is 5.91 Å². The number of fused-ring (bicyclic) bond motifs is 1. The van der Waals surface area contributed by atoms with E-state index in [0.717, 1.165) is 11.3 Å². The molecule has 21 heavy (non-hydrogen) atoms. The van der Waals surface area contributed by atoms with E-state index in [0.29, 0.717) is 23.2 Å². The molecule has 0 bridgehead atoms. The fraction of sp³-hybridized carbons (Fsp3) is 0.200. The van der Waals surface area contributed by atoms with Gasteiger partial charge in [-0.25, -0.2) is 0 Å². The van der Waals surface area contributed by atoms with Crippen molar-refractivity contribution in [3.63, 3.8) is 0 Å². The van der Waals surface area contributed by atoms with Crippen LogP contribution < -0.4 is 10.2 Å². The molecular weight excluding hydrogens is 336 g/mol. The van der Waals surface area contributed by atoms with E-state index >= 15 is 0 Å². The van der Waals surface area contributed by atoms with Gasteiger partial charge in [0, 0.05) is 24.8 Å². The van der Waals surface area contributed by atoms with Crippen molar-refractivity contribution < 1.29 is 14.0 Å². The smallest absolute Gasteiger partial charge is 0.291 e. The first-order valence-electron chi connectivity index (χ1n) is 6.51. The van der Waals surface area contributed by atoms with Gasteiger partial charge in [-0.2, -0.15) is 0 Å². The van der Waals surface area contributed by atoms with E-state index in [2.05, 4.69) is 21.2 Å². The van der Waals surface area contributed by atoms with Gasteiger partial charge in [-0.1, -0.05) is 0 Å². The summed E-state index contributed by atoms with van der Waals surface area (Å²) in [6.07, 6.45) is 1.18. The lowest BCUT2D eigenvalue weighted by atomic mass is 10.0. The van der Waals surface area contributed by atoms with Crippen LogP contribution in [0.5, 0.6) is 0 Å². The van der Waals surface area contributed by atoms with Crippen molar-refractivity contribution in [1.82, 2.24) is 0 Å². The second kappa shape index (κ2) is 5.37. The predicted molar refractivity (Wildman–Crippen MR) is 82.5 cm³/mol. The Morgan fingerprint density at radius 3 is 2.81 bits per heavy atom. The lowest BCUT2D eigenvalue weighted by Gasteiger charge is -2.26. The SMILES string of the molecule is CN1C(=O)CCc2cc(NC(=O)c3ccc(Br)o3)ccc21. The summed E-state index contributed by atoms with van der Waals surface area (Å²) in [5.74, 6) is 0.0486. The summed E-state index contributed by atoms with van der Waals surface area (Å²) >= 11 is 3.16. The molecule has 2 amide bonds. The minimum absolute atomic E-state index is 0.111. The van der Waals surface area contributed by atoms with Gasteiger partial charge < -0.3 is 14.6 Å². The third kappa shape index (κ3) is 2.71. The molecule has 108 valence electrons. The highest BCUT2D eigenvalue weighted by Crippen LogP contribution is 2.29. The van der Waals surface area contributed by atoms with Crippen LogP contribution in [0.1, 0.15) is 22.5 Å². The maximum absolute atomic E-state index is 12.0. The molecule has 1 aliphatic rings. The number of nitrogens with one attached hydrogen (secondary N) is 1. The highest BCUT2D eigenvalue weighted by molar-refractivity contribution is 9.10. The Morgan fingerprint density at radius 2 is 2.10 bits per heavy atom. The topological polar surface area (TPSA) is 62.6 Å². The third-order valence-electron chi connectivity index (χ3n) is 3.48. The third-order valence-corrected chi connectivity index (χ3v) is 3.90. The molecule has 0 unspecified atom stereocenters. The van der Waals surface area contributed by atoms with Crippen molar-refractivity contribution in [3.8, 4) is 0 Å². The molecule has 5 nitrogen and oxygen atoms in total. The molecule has 1 aromatic carbocycles. The van der Waals surface area contributed by atoms with Crippen molar-refractivity contribution >= 4 is 39.1 Å². The molecule has 1 aromatic heterocycles. The molecule has 1 N–H and O–H groups in total. The zero-order chi connectivity index (χ0) is 15.0. The van der Waals surface area contributed by atoms with Crippen LogP contribution in [0.2, 0.25) is 0 Å². The lowest BCUT2D eigenvalue weighted by Crippen LogP contribution is -2.31. The normalized spacial score (nSPS) is 14.0. The van der Waals surface area contributed by atoms with Crippen LogP contribution in [0.3, 0.4) is 0 Å². The molecule has 0 aliphatic carbocycles. The minimum atomic E-state index is -0.305. The van der Waals surface area contributed by atoms with Crippen LogP contribution in [0, 0.1) is 0 Å². The molecule has 0 atom stereocenters. The largest absolute Gasteiger partial charge is 0.444 e. The van der Waals surface area contributed by atoms with E-state index in [1.165, 1.54) is 0 Å². The van der Waals surface area contributed by atoms with Crippen LogP contribution in [-0.2, 0) is 11.2 Å². The summed E-state index contributed by atoms with van der Waals surface area (Å²) in [6, 6.07) is 8.80. The number of carbonyl (C=O) groups is 2. The van der Waals surface area contributed by atoms with Crippen LogP contribution in [0.4, 0.5) is 11.4 Å². The quantitative estimate of drug-likeness (QED) is 0.906. The Kier molecular flexibility index (Phi) is 3.55. The molecule has 0 saturated carbocycles. The Hall–Kier alpha value is -2.08. The monoisotopic (exact) mass is 348 g/mol. The van der Waals surface area contributed by atoms with Crippen LogP contribution >= 0.6 is 15.9 Å². The van der Waals surface area contributed by atoms with E-state index in [1.807, 2.05) is 12.1 Å². The molecule has 6 heteroatoms. The summed E-state index contributed by atoms with van der Waals surface area (Å²) in [7, 11) is 1.76. The second-order valence-electron chi connectivity index (χ2n) is 4.85. The fourth-order valence-corrected chi connectivity index (χ4v) is 2.67. The van der Waals surface area contributed by atoms with Gasteiger partial charge in [0.15, 0.2) is 10.4 Å². The van der Waals surface area contributed by atoms with Gasteiger partial charge in [0.1, 0.15) is 0 Å². The maximum Gasteiger partial charge on any atom is 0.291 e. The van der Waals surface area contributed by atoms with E-state index in [4.69, 9.17) is 4.42 Å². The van der Waals surface area contributed by atoms with Crippen molar-refractivity contribution in [2.75, 3.05) is 17.3 Å². The molecule has 2 aromatic rings. The van der Waals surface area contributed by atoms with Crippen LogP contribution in [-0.4, -0.2) is 18.9 Å². The van der Waals surface area contributed by atoms with E-state index in [1.54, 1.807) is 30.1 Å².